The van der Waals surface area contributed by atoms with Crippen LogP contribution in [-0.2, 0) is 16.5 Å². The predicted molar refractivity (Wildman–Crippen MR) is 59.7 cm³/mol. The second kappa shape index (κ2) is 6.47. The molecule has 0 rings (SSSR count). The molecule has 0 radical (unpaired) electrons. The summed E-state index contributed by atoms with van der Waals surface area (Å²) in [7, 11) is 1.75. The zero-order chi connectivity index (χ0) is 8.74. The number of ether oxygens (including phenoxy) is 1. The van der Waals surface area contributed by atoms with Gasteiger partial charge in [0.2, 0.25) is 0 Å². The highest BCUT2D eigenvalue weighted by molar-refractivity contribution is 8.70. The first kappa shape index (κ1) is 12.0. The van der Waals surface area contributed by atoms with Gasteiger partial charge < -0.3 is 4.74 Å². The van der Waals surface area contributed by atoms with Gasteiger partial charge in [-0.25, -0.2) is 0 Å². The van der Waals surface area contributed by atoms with Gasteiger partial charge in [-0.3, -0.25) is 0 Å². The summed E-state index contributed by atoms with van der Waals surface area (Å²) in [6, 6.07) is 0. The van der Waals surface area contributed by atoms with Crippen molar-refractivity contribution in [3.05, 3.63) is 0 Å². The van der Waals surface area contributed by atoms with E-state index >= 15 is 0 Å². The van der Waals surface area contributed by atoms with Crippen molar-refractivity contribution in [2.45, 2.75) is 12.8 Å². The van der Waals surface area contributed by atoms with Crippen LogP contribution in [0.5, 0.6) is 0 Å². The highest BCUT2D eigenvalue weighted by Gasteiger charge is 2.00. The van der Waals surface area contributed by atoms with E-state index < -0.39 is 5.24 Å². The van der Waals surface area contributed by atoms with Crippen LogP contribution in [0.25, 0.3) is 0 Å². The SMILES string of the molecule is COCCCCSP(C)(C)=S. The second-order valence-corrected chi connectivity index (χ2v) is 12.9. The third kappa shape index (κ3) is 11.0. The van der Waals surface area contributed by atoms with E-state index in [-0.39, 0.29) is 0 Å². The van der Waals surface area contributed by atoms with Crippen LogP contribution >= 0.6 is 16.6 Å². The van der Waals surface area contributed by atoms with Gasteiger partial charge in [-0.15, -0.1) is 11.4 Å². The normalized spacial score (nSPS) is 11.9. The molecule has 0 amide bonds. The summed E-state index contributed by atoms with van der Waals surface area (Å²) in [6.45, 7) is 5.25. The monoisotopic (exact) mass is 212 g/mol. The molecule has 0 aromatic heterocycles. The Hall–Kier alpha value is 0.960. The molecule has 0 saturated heterocycles. The largest absolute Gasteiger partial charge is 0.385 e. The molecule has 0 fully saturated rings. The maximum absolute atomic E-state index is 5.31. The van der Waals surface area contributed by atoms with Gasteiger partial charge in [0.05, 0.1) is 0 Å². The lowest BCUT2D eigenvalue weighted by Crippen LogP contribution is -1.89. The van der Waals surface area contributed by atoms with Gasteiger partial charge in [-0.2, -0.15) is 0 Å². The van der Waals surface area contributed by atoms with Crippen molar-refractivity contribution >= 4 is 28.4 Å². The summed E-state index contributed by atoms with van der Waals surface area (Å²) >= 11 is 7.26. The van der Waals surface area contributed by atoms with Crippen LogP contribution in [0, 0.1) is 0 Å². The standard InChI is InChI=1S/C7H17OPS2/c1-8-6-4-5-7-11-9(2,3)10/h4-7H2,1-3H3. The van der Waals surface area contributed by atoms with E-state index in [4.69, 9.17) is 16.5 Å². The predicted octanol–water partition coefficient (Wildman–Crippen LogP) is 2.80. The maximum atomic E-state index is 5.31. The fourth-order valence-corrected chi connectivity index (χ4v) is 3.78. The molecule has 0 aliphatic carbocycles. The van der Waals surface area contributed by atoms with Crippen LogP contribution in [-0.4, -0.2) is 32.8 Å². The summed E-state index contributed by atoms with van der Waals surface area (Å²) in [4.78, 5) is 0. The van der Waals surface area contributed by atoms with Gasteiger partial charge in [0.15, 0.2) is 0 Å². The molecule has 0 spiro atoms. The highest BCUT2D eigenvalue weighted by Crippen LogP contribution is 2.51. The lowest BCUT2D eigenvalue weighted by molar-refractivity contribution is 0.194. The summed E-state index contributed by atoms with van der Waals surface area (Å²) in [5, 5.41) is -1.01. The van der Waals surface area contributed by atoms with Crippen molar-refractivity contribution < 1.29 is 4.74 Å². The minimum Gasteiger partial charge on any atom is -0.385 e. The Labute approximate surface area is 79.0 Å². The molecule has 11 heavy (non-hydrogen) atoms. The molecule has 0 unspecified atom stereocenters. The third-order valence-corrected chi connectivity index (χ3v) is 5.60. The average molecular weight is 212 g/mol. The third-order valence-electron chi connectivity index (χ3n) is 1.14. The van der Waals surface area contributed by atoms with Crippen molar-refractivity contribution in [2.24, 2.45) is 0 Å². The molecule has 0 aliphatic heterocycles. The molecule has 68 valence electrons. The van der Waals surface area contributed by atoms with Crippen molar-refractivity contribution in [1.82, 2.24) is 0 Å². The Morgan fingerprint density at radius 1 is 1.36 bits per heavy atom. The topological polar surface area (TPSA) is 9.23 Å². The van der Waals surface area contributed by atoms with Gasteiger partial charge in [0.25, 0.3) is 0 Å². The maximum Gasteiger partial charge on any atom is 0.0462 e. The number of hydrogen-bond donors (Lipinski definition) is 0. The average Bonchev–Trinajstić information content (AvgIpc) is 1.85. The molecule has 0 saturated carbocycles. The number of rotatable bonds is 6. The minimum absolute atomic E-state index is 0.886. The van der Waals surface area contributed by atoms with Crippen molar-refractivity contribution in [1.29, 1.82) is 0 Å². The summed E-state index contributed by atoms with van der Waals surface area (Å²) in [5.74, 6) is 1.20. The summed E-state index contributed by atoms with van der Waals surface area (Å²) < 4.78 is 4.95. The molecule has 0 aromatic rings. The van der Waals surface area contributed by atoms with Gasteiger partial charge >= 0.3 is 0 Å². The molecule has 0 N–H and O–H groups in total. The fraction of sp³-hybridized carbons (Fsp3) is 1.00. The Morgan fingerprint density at radius 3 is 2.45 bits per heavy atom. The number of methoxy groups -OCH3 is 1. The first-order valence-corrected chi connectivity index (χ1v) is 9.03. The Morgan fingerprint density at radius 2 is 2.00 bits per heavy atom. The Kier molecular flexibility index (Phi) is 7.04. The summed E-state index contributed by atoms with van der Waals surface area (Å²) in [5.41, 5.74) is 0. The Bertz CT molecular complexity index is 132. The van der Waals surface area contributed by atoms with Gasteiger partial charge in [0, 0.05) is 19.0 Å². The van der Waals surface area contributed by atoms with Crippen LogP contribution < -0.4 is 0 Å². The number of hydrogen-bond acceptors (Lipinski definition) is 3. The molecule has 0 atom stereocenters. The van der Waals surface area contributed by atoms with Crippen LogP contribution in [0.2, 0.25) is 0 Å². The number of unbranched alkanes of at least 4 members (excludes halogenated alkanes) is 1. The van der Waals surface area contributed by atoms with Crippen molar-refractivity contribution in [2.75, 3.05) is 32.8 Å². The molecular weight excluding hydrogens is 195 g/mol. The van der Waals surface area contributed by atoms with E-state index in [1.54, 1.807) is 7.11 Å². The molecular formula is C7H17OPS2. The first-order valence-electron chi connectivity index (χ1n) is 3.75. The molecule has 0 bridgehead atoms. The zero-order valence-corrected chi connectivity index (χ0v) is 10.0. The van der Waals surface area contributed by atoms with Crippen molar-refractivity contribution in [3.8, 4) is 0 Å². The molecule has 0 heterocycles. The van der Waals surface area contributed by atoms with E-state index in [9.17, 15) is 0 Å². The van der Waals surface area contributed by atoms with Crippen LogP contribution in [0.3, 0.4) is 0 Å². The van der Waals surface area contributed by atoms with Crippen LogP contribution in [0.4, 0.5) is 0 Å². The molecule has 0 aliphatic rings. The molecule has 0 aromatic carbocycles. The first-order chi connectivity index (χ1) is 5.06. The van der Waals surface area contributed by atoms with Crippen LogP contribution in [0.1, 0.15) is 12.8 Å². The van der Waals surface area contributed by atoms with E-state index in [1.165, 1.54) is 18.6 Å². The van der Waals surface area contributed by atoms with E-state index in [0.29, 0.717) is 0 Å². The minimum atomic E-state index is -1.01. The zero-order valence-electron chi connectivity index (χ0n) is 7.50. The lowest BCUT2D eigenvalue weighted by Gasteiger charge is -2.08. The molecule has 1 nitrogen and oxygen atoms in total. The van der Waals surface area contributed by atoms with Gasteiger partial charge in [-0.1, -0.05) is 11.8 Å². The van der Waals surface area contributed by atoms with Gasteiger partial charge in [-0.05, 0) is 31.9 Å². The summed E-state index contributed by atoms with van der Waals surface area (Å²) in [6.07, 6.45) is 2.40. The lowest BCUT2D eigenvalue weighted by atomic mass is 10.4. The van der Waals surface area contributed by atoms with Crippen molar-refractivity contribution in [3.63, 3.8) is 0 Å². The fourth-order valence-electron chi connectivity index (χ4n) is 0.633. The van der Waals surface area contributed by atoms with E-state index in [2.05, 4.69) is 13.3 Å². The van der Waals surface area contributed by atoms with E-state index in [1.807, 2.05) is 11.4 Å². The van der Waals surface area contributed by atoms with E-state index in [0.717, 1.165) is 6.61 Å². The van der Waals surface area contributed by atoms with Gasteiger partial charge in [0.1, 0.15) is 0 Å². The van der Waals surface area contributed by atoms with Crippen LogP contribution in [0.15, 0.2) is 0 Å². The quantitative estimate of drug-likeness (QED) is 0.495. The second-order valence-electron chi connectivity index (χ2n) is 2.79. The smallest absolute Gasteiger partial charge is 0.0462 e. The highest BCUT2D eigenvalue weighted by atomic mass is 32.9. The molecule has 4 heteroatoms. The Balaban J connectivity index is 3.09.